The maximum atomic E-state index is 8.56. The van der Waals surface area contributed by atoms with E-state index in [4.69, 9.17) is 9.94 Å². The van der Waals surface area contributed by atoms with Gasteiger partial charge in [0.05, 0.1) is 6.61 Å². The van der Waals surface area contributed by atoms with Gasteiger partial charge in [-0.1, -0.05) is 5.16 Å². The fourth-order valence-corrected chi connectivity index (χ4v) is 1.14. The molecule has 0 spiro atoms. The van der Waals surface area contributed by atoms with Gasteiger partial charge in [0.1, 0.15) is 11.5 Å². The molecule has 0 atom stereocenters. The first-order chi connectivity index (χ1) is 5.38. The lowest BCUT2D eigenvalue weighted by atomic mass is 10.0. The number of oxime groups is 1. The van der Waals surface area contributed by atoms with Crippen LogP contribution in [-0.4, -0.2) is 17.5 Å². The maximum absolute atomic E-state index is 8.56. The quantitative estimate of drug-likeness (QED) is 0.489. The third-order valence-corrected chi connectivity index (χ3v) is 1.65. The summed E-state index contributed by atoms with van der Waals surface area (Å²) in [6.07, 6.45) is 4.87. The molecule has 0 saturated carbocycles. The van der Waals surface area contributed by atoms with E-state index >= 15 is 0 Å². The van der Waals surface area contributed by atoms with Crippen LogP contribution in [0.5, 0.6) is 0 Å². The molecule has 3 nitrogen and oxygen atoms in total. The first-order valence-electron chi connectivity index (χ1n) is 3.92. The van der Waals surface area contributed by atoms with E-state index < -0.39 is 0 Å². The van der Waals surface area contributed by atoms with Gasteiger partial charge in [-0.05, 0) is 32.3 Å². The average Bonchev–Trinajstić information content (AvgIpc) is 2.06. The summed E-state index contributed by atoms with van der Waals surface area (Å²) in [6, 6.07) is 0. The molecule has 0 heterocycles. The van der Waals surface area contributed by atoms with Gasteiger partial charge in [-0.25, -0.2) is 0 Å². The maximum Gasteiger partial charge on any atom is 0.140 e. The second-order valence-corrected chi connectivity index (χ2v) is 2.44. The zero-order valence-electron chi connectivity index (χ0n) is 6.71. The molecule has 1 aliphatic carbocycles. The average molecular weight is 155 g/mol. The minimum absolute atomic E-state index is 0.630. The van der Waals surface area contributed by atoms with Crippen LogP contribution in [0.3, 0.4) is 0 Å². The summed E-state index contributed by atoms with van der Waals surface area (Å²) in [5.41, 5.74) is 0.679. The highest BCUT2D eigenvalue weighted by Gasteiger charge is 2.12. The van der Waals surface area contributed by atoms with Crippen LogP contribution in [0.15, 0.2) is 17.0 Å². The minimum Gasteiger partial charge on any atom is -0.492 e. The fourth-order valence-electron chi connectivity index (χ4n) is 1.14. The predicted octanol–water partition coefficient (Wildman–Crippen LogP) is 1.92. The largest absolute Gasteiger partial charge is 0.492 e. The van der Waals surface area contributed by atoms with Crippen molar-refractivity contribution in [2.24, 2.45) is 5.16 Å². The molecule has 0 unspecified atom stereocenters. The summed E-state index contributed by atoms with van der Waals surface area (Å²) in [6.45, 7) is 2.55. The van der Waals surface area contributed by atoms with Gasteiger partial charge in [0.2, 0.25) is 0 Å². The lowest BCUT2D eigenvalue weighted by Gasteiger charge is -2.13. The van der Waals surface area contributed by atoms with Gasteiger partial charge < -0.3 is 9.94 Å². The van der Waals surface area contributed by atoms with Crippen LogP contribution in [0.1, 0.15) is 26.2 Å². The zero-order chi connectivity index (χ0) is 8.10. The number of nitrogens with zero attached hydrogens (tertiary/aromatic N) is 1. The Balaban J connectivity index is 2.64. The van der Waals surface area contributed by atoms with Gasteiger partial charge in [-0.2, -0.15) is 0 Å². The van der Waals surface area contributed by atoms with E-state index in [9.17, 15) is 0 Å². The molecule has 1 aliphatic rings. The van der Waals surface area contributed by atoms with Gasteiger partial charge in [-0.15, -0.1) is 0 Å². The molecule has 3 heteroatoms. The van der Waals surface area contributed by atoms with E-state index in [2.05, 4.69) is 5.16 Å². The lowest BCUT2D eigenvalue weighted by Crippen LogP contribution is -2.10. The molecule has 0 fully saturated rings. The van der Waals surface area contributed by atoms with E-state index in [1.165, 1.54) is 0 Å². The van der Waals surface area contributed by atoms with Crippen LogP contribution < -0.4 is 0 Å². The van der Waals surface area contributed by atoms with Gasteiger partial charge in [0, 0.05) is 0 Å². The van der Waals surface area contributed by atoms with E-state index in [1.54, 1.807) is 0 Å². The second-order valence-electron chi connectivity index (χ2n) is 2.44. The third-order valence-electron chi connectivity index (χ3n) is 1.65. The summed E-state index contributed by atoms with van der Waals surface area (Å²) < 4.78 is 5.26. The summed E-state index contributed by atoms with van der Waals surface area (Å²) >= 11 is 0. The molecular weight excluding hydrogens is 142 g/mol. The molecule has 62 valence electrons. The molecule has 1 N–H and O–H groups in total. The van der Waals surface area contributed by atoms with Crippen LogP contribution in [0.25, 0.3) is 0 Å². The number of allylic oxidation sites excluding steroid dienone is 2. The Labute approximate surface area is 66.4 Å². The summed E-state index contributed by atoms with van der Waals surface area (Å²) in [4.78, 5) is 0. The Bertz CT molecular complexity index is 185. The highest BCUT2D eigenvalue weighted by molar-refractivity contribution is 5.98. The monoisotopic (exact) mass is 155 g/mol. The lowest BCUT2D eigenvalue weighted by molar-refractivity contribution is 0.239. The molecule has 0 aromatic carbocycles. The van der Waals surface area contributed by atoms with Crippen molar-refractivity contribution in [3.63, 3.8) is 0 Å². The first kappa shape index (κ1) is 8.11. The molecule has 0 saturated heterocycles. The van der Waals surface area contributed by atoms with Gasteiger partial charge in [-0.3, -0.25) is 0 Å². The van der Waals surface area contributed by atoms with Crippen LogP contribution in [0.2, 0.25) is 0 Å². The molecule has 0 aromatic rings. The van der Waals surface area contributed by atoms with Crippen molar-refractivity contribution in [2.45, 2.75) is 26.2 Å². The number of rotatable bonds is 2. The van der Waals surface area contributed by atoms with Gasteiger partial charge >= 0.3 is 0 Å². The Hall–Kier alpha value is -0.990. The minimum atomic E-state index is 0.630. The van der Waals surface area contributed by atoms with Gasteiger partial charge in [0.15, 0.2) is 0 Å². The molecule has 1 rings (SSSR count). The van der Waals surface area contributed by atoms with Gasteiger partial charge in [0.25, 0.3) is 0 Å². The Morgan fingerprint density at radius 3 is 3.18 bits per heavy atom. The Morgan fingerprint density at radius 2 is 2.55 bits per heavy atom. The van der Waals surface area contributed by atoms with E-state index in [1.807, 2.05) is 13.0 Å². The highest BCUT2D eigenvalue weighted by Crippen LogP contribution is 2.15. The Kier molecular flexibility index (Phi) is 2.95. The van der Waals surface area contributed by atoms with Crippen molar-refractivity contribution in [2.75, 3.05) is 6.61 Å². The highest BCUT2D eigenvalue weighted by atomic mass is 16.5. The normalized spacial score (nSPS) is 21.5. The second kappa shape index (κ2) is 4.01. The number of hydrogen-bond donors (Lipinski definition) is 1. The molecule has 0 radical (unpaired) electrons. The van der Waals surface area contributed by atoms with E-state index in [0.717, 1.165) is 25.0 Å². The summed E-state index contributed by atoms with van der Waals surface area (Å²) in [7, 11) is 0. The predicted molar refractivity (Wildman–Crippen MR) is 42.8 cm³/mol. The smallest absolute Gasteiger partial charge is 0.140 e. The van der Waals surface area contributed by atoms with Crippen LogP contribution in [-0.2, 0) is 4.74 Å². The molecule has 11 heavy (non-hydrogen) atoms. The number of ether oxygens (including phenoxy) is 1. The van der Waals surface area contributed by atoms with Crippen molar-refractivity contribution in [1.82, 2.24) is 0 Å². The molecule has 0 amide bonds. The van der Waals surface area contributed by atoms with Crippen molar-refractivity contribution in [1.29, 1.82) is 0 Å². The fraction of sp³-hybridized carbons (Fsp3) is 0.625. The molecular formula is C8H13NO2. The number of hydrogen-bond acceptors (Lipinski definition) is 3. The van der Waals surface area contributed by atoms with Crippen molar-refractivity contribution in [3.05, 3.63) is 11.8 Å². The SMILES string of the molecule is CCOC1=CCCCC1=NO. The van der Waals surface area contributed by atoms with E-state index in [0.29, 0.717) is 12.3 Å². The zero-order valence-corrected chi connectivity index (χ0v) is 6.71. The molecule has 0 aromatic heterocycles. The van der Waals surface area contributed by atoms with Crippen LogP contribution >= 0.6 is 0 Å². The summed E-state index contributed by atoms with van der Waals surface area (Å²) in [5.74, 6) is 0.751. The van der Waals surface area contributed by atoms with Crippen molar-refractivity contribution >= 4 is 5.71 Å². The summed E-state index contributed by atoms with van der Waals surface area (Å²) in [5, 5.41) is 11.7. The van der Waals surface area contributed by atoms with Crippen molar-refractivity contribution in [3.8, 4) is 0 Å². The third kappa shape index (κ3) is 1.97. The molecule has 0 aliphatic heterocycles. The van der Waals surface area contributed by atoms with E-state index in [-0.39, 0.29) is 0 Å². The molecule has 0 bridgehead atoms. The first-order valence-corrected chi connectivity index (χ1v) is 3.92. The standard InChI is InChI=1S/C8H13NO2/c1-2-11-8-6-4-3-5-7(8)9-10/h6,10H,2-5H2,1H3. The Morgan fingerprint density at radius 1 is 1.73 bits per heavy atom. The van der Waals surface area contributed by atoms with Crippen molar-refractivity contribution < 1.29 is 9.94 Å². The van der Waals surface area contributed by atoms with Crippen LogP contribution in [0, 0.1) is 0 Å². The van der Waals surface area contributed by atoms with Crippen LogP contribution in [0.4, 0.5) is 0 Å². The topological polar surface area (TPSA) is 41.8 Å².